The lowest BCUT2D eigenvalue weighted by molar-refractivity contribution is 0.102. The number of amides is 1. The van der Waals surface area contributed by atoms with Crippen molar-refractivity contribution in [2.45, 2.75) is 38.0 Å². The molecule has 0 atom stereocenters. The van der Waals surface area contributed by atoms with Gasteiger partial charge in [0.25, 0.3) is 15.9 Å². The number of hydrogen-bond donors (Lipinski definition) is 2. The molecule has 0 aliphatic rings. The van der Waals surface area contributed by atoms with Crippen LogP contribution in [0.1, 0.15) is 42.4 Å². The standard InChI is InChI=1S/C21H23N3O3S2/c1-14-5-9-16(10-6-14)24-29(26,27)17-11-7-15(8-12-17)19(25)23-20-22-18(13-28-20)21(2,3)4/h5-13,24H,1-4H3,(H,22,23,25). The molecule has 0 saturated heterocycles. The third-order valence-corrected chi connectivity index (χ3v) is 6.38. The lowest BCUT2D eigenvalue weighted by atomic mass is 9.93. The molecule has 3 aromatic rings. The Bertz CT molecular complexity index is 1110. The molecule has 29 heavy (non-hydrogen) atoms. The highest BCUT2D eigenvalue weighted by Crippen LogP contribution is 2.26. The molecule has 1 aromatic heterocycles. The zero-order valence-electron chi connectivity index (χ0n) is 16.7. The maximum absolute atomic E-state index is 12.5. The van der Waals surface area contributed by atoms with E-state index in [1.807, 2.05) is 24.4 Å². The molecule has 0 aliphatic carbocycles. The van der Waals surface area contributed by atoms with Gasteiger partial charge in [0.15, 0.2) is 5.13 Å². The maximum atomic E-state index is 12.5. The lowest BCUT2D eigenvalue weighted by Gasteiger charge is -2.14. The van der Waals surface area contributed by atoms with E-state index >= 15 is 0 Å². The quantitative estimate of drug-likeness (QED) is 0.610. The van der Waals surface area contributed by atoms with E-state index < -0.39 is 10.0 Å². The van der Waals surface area contributed by atoms with E-state index in [2.05, 4.69) is 35.8 Å². The zero-order chi connectivity index (χ0) is 21.2. The van der Waals surface area contributed by atoms with E-state index in [0.29, 0.717) is 16.4 Å². The van der Waals surface area contributed by atoms with Crippen LogP contribution in [0.5, 0.6) is 0 Å². The van der Waals surface area contributed by atoms with Gasteiger partial charge in [-0.15, -0.1) is 11.3 Å². The molecule has 0 bridgehead atoms. The fourth-order valence-electron chi connectivity index (χ4n) is 2.47. The number of hydrogen-bond acceptors (Lipinski definition) is 5. The van der Waals surface area contributed by atoms with Gasteiger partial charge in [-0.2, -0.15) is 0 Å². The van der Waals surface area contributed by atoms with E-state index in [1.54, 1.807) is 12.1 Å². The molecule has 0 radical (unpaired) electrons. The monoisotopic (exact) mass is 429 g/mol. The molecule has 2 N–H and O–H groups in total. The number of benzene rings is 2. The molecule has 6 nitrogen and oxygen atoms in total. The number of nitrogens with zero attached hydrogens (tertiary/aromatic N) is 1. The van der Waals surface area contributed by atoms with Crippen LogP contribution in [0.25, 0.3) is 0 Å². The Hall–Kier alpha value is -2.71. The fraction of sp³-hybridized carbons (Fsp3) is 0.238. The minimum atomic E-state index is -3.73. The van der Waals surface area contributed by atoms with Gasteiger partial charge in [0.1, 0.15) is 0 Å². The summed E-state index contributed by atoms with van der Waals surface area (Å²) < 4.78 is 27.6. The van der Waals surface area contributed by atoms with Crippen molar-refractivity contribution in [3.63, 3.8) is 0 Å². The predicted octanol–water partition coefficient (Wildman–Crippen LogP) is 4.80. The summed E-state index contributed by atoms with van der Waals surface area (Å²) in [6.45, 7) is 8.09. The first-order valence-electron chi connectivity index (χ1n) is 9.01. The molecular weight excluding hydrogens is 406 g/mol. The fourth-order valence-corrected chi connectivity index (χ4v) is 4.46. The number of aromatic nitrogens is 1. The third-order valence-electron chi connectivity index (χ3n) is 4.22. The third kappa shape index (κ3) is 5.21. The van der Waals surface area contributed by atoms with Crippen LogP contribution in [0.2, 0.25) is 0 Å². The van der Waals surface area contributed by atoms with Crippen molar-refractivity contribution in [2.75, 3.05) is 10.0 Å². The summed E-state index contributed by atoms with van der Waals surface area (Å²) in [5.41, 5.74) is 2.68. The van der Waals surface area contributed by atoms with Crippen LogP contribution < -0.4 is 10.0 Å². The smallest absolute Gasteiger partial charge is 0.261 e. The first-order valence-corrected chi connectivity index (χ1v) is 11.4. The second-order valence-electron chi connectivity index (χ2n) is 7.74. The van der Waals surface area contributed by atoms with Gasteiger partial charge in [-0.3, -0.25) is 14.8 Å². The van der Waals surface area contributed by atoms with Crippen LogP contribution in [0, 0.1) is 6.92 Å². The molecular formula is C21H23N3O3S2. The summed E-state index contributed by atoms with van der Waals surface area (Å²) in [6.07, 6.45) is 0. The highest BCUT2D eigenvalue weighted by atomic mass is 32.2. The Morgan fingerprint density at radius 1 is 1.00 bits per heavy atom. The van der Waals surface area contributed by atoms with Crippen LogP contribution in [-0.4, -0.2) is 19.3 Å². The Morgan fingerprint density at radius 3 is 2.17 bits per heavy atom. The van der Waals surface area contributed by atoms with Gasteiger partial charge in [0.05, 0.1) is 10.6 Å². The first-order chi connectivity index (χ1) is 13.5. The topological polar surface area (TPSA) is 88.2 Å². The molecule has 152 valence electrons. The van der Waals surface area contributed by atoms with Crippen molar-refractivity contribution < 1.29 is 13.2 Å². The van der Waals surface area contributed by atoms with Crippen molar-refractivity contribution in [3.05, 3.63) is 70.7 Å². The largest absolute Gasteiger partial charge is 0.298 e. The van der Waals surface area contributed by atoms with Crippen LogP contribution in [0.15, 0.2) is 58.8 Å². The number of sulfonamides is 1. The molecule has 1 amide bonds. The first kappa shape index (κ1) is 21.0. The number of anilines is 2. The van der Waals surface area contributed by atoms with E-state index in [-0.39, 0.29) is 16.2 Å². The summed E-state index contributed by atoms with van der Waals surface area (Å²) in [5.74, 6) is -0.338. The number of rotatable bonds is 5. The minimum absolute atomic E-state index is 0.0823. The van der Waals surface area contributed by atoms with Crippen molar-refractivity contribution in [3.8, 4) is 0 Å². The van der Waals surface area contributed by atoms with Crippen molar-refractivity contribution in [1.29, 1.82) is 0 Å². The summed E-state index contributed by atoms with van der Waals surface area (Å²) in [5, 5.41) is 5.19. The molecule has 0 aliphatic heterocycles. The molecule has 0 unspecified atom stereocenters. The van der Waals surface area contributed by atoms with Crippen LogP contribution in [0.3, 0.4) is 0 Å². The van der Waals surface area contributed by atoms with Crippen molar-refractivity contribution in [2.24, 2.45) is 0 Å². The molecule has 2 aromatic carbocycles. The molecule has 1 heterocycles. The van der Waals surface area contributed by atoms with Gasteiger partial charge in [-0.05, 0) is 43.3 Å². The van der Waals surface area contributed by atoms with Crippen molar-refractivity contribution in [1.82, 2.24) is 4.98 Å². The van der Waals surface area contributed by atoms with Crippen LogP contribution in [-0.2, 0) is 15.4 Å². The second-order valence-corrected chi connectivity index (χ2v) is 10.3. The van der Waals surface area contributed by atoms with Gasteiger partial charge in [0.2, 0.25) is 0 Å². The van der Waals surface area contributed by atoms with Crippen LogP contribution >= 0.6 is 11.3 Å². The molecule has 8 heteroatoms. The van der Waals surface area contributed by atoms with Crippen molar-refractivity contribution >= 4 is 38.1 Å². The van der Waals surface area contributed by atoms with Gasteiger partial charge >= 0.3 is 0 Å². The Kier molecular flexibility index (Phi) is 5.77. The van der Waals surface area contributed by atoms with E-state index in [0.717, 1.165) is 11.3 Å². The summed E-state index contributed by atoms with van der Waals surface area (Å²) >= 11 is 1.36. The number of thiazole rings is 1. The summed E-state index contributed by atoms with van der Waals surface area (Å²) in [7, 11) is -3.73. The number of carbonyl (C=O) groups is 1. The summed E-state index contributed by atoms with van der Waals surface area (Å²) in [4.78, 5) is 17.0. The minimum Gasteiger partial charge on any atom is -0.298 e. The lowest BCUT2D eigenvalue weighted by Crippen LogP contribution is -2.15. The predicted molar refractivity (Wildman–Crippen MR) is 117 cm³/mol. The molecule has 0 fully saturated rings. The molecule has 0 spiro atoms. The van der Waals surface area contributed by atoms with E-state index in [1.165, 1.54) is 35.6 Å². The SMILES string of the molecule is Cc1ccc(NS(=O)(=O)c2ccc(C(=O)Nc3nc(C(C)(C)C)cs3)cc2)cc1. The van der Waals surface area contributed by atoms with Crippen LogP contribution in [0.4, 0.5) is 10.8 Å². The number of nitrogens with one attached hydrogen (secondary N) is 2. The van der Waals surface area contributed by atoms with Gasteiger partial charge in [0, 0.05) is 22.0 Å². The molecule has 0 saturated carbocycles. The average molecular weight is 430 g/mol. The maximum Gasteiger partial charge on any atom is 0.261 e. The van der Waals surface area contributed by atoms with E-state index in [9.17, 15) is 13.2 Å². The molecule has 3 rings (SSSR count). The van der Waals surface area contributed by atoms with Gasteiger partial charge in [-0.1, -0.05) is 38.5 Å². The summed E-state index contributed by atoms with van der Waals surface area (Å²) in [6, 6.07) is 12.9. The number of carbonyl (C=O) groups excluding carboxylic acids is 1. The second kappa shape index (κ2) is 7.96. The Balaban J connectivity index is 1.71. The Labute approximate surface area is 175 Å². The zero-order valence-corrected chi connectivity index (χ0v) is 18.3. The highest BCUT2D eigenvalue weighted by molar-refractivity contribution is 7.92. The van der Waals surface area contributed by atoms with E-state index in [4.69, 9.17) is 0 Å². The average Bonchev–Trinajstić information content (AvgIpc) is 3.12. The number of aryl methyl sites for hydroxylation is 1. The van der Waals surface area contributed by atoms with Gasteiger partial charge < -0.3 is 0 Å². The normalized spacial score (nSPS) is 11.9. The highest BCUT2D eigenvalue weighted by Gasteiger charge is 2.19. The Morgan fingerprint density at radius 2 is 1.62 bits per heavy atom. The van der Waals surface area contributed by atoms with Gasteiger partial charge in [-0.25, -0.2) is 13.4 Å².